The van der Waals surface area contributed by atoms with Crippen LogP contribution >= 0.6 is 0 Å². The molecule has 1 aliphatic rings. The fraction of sp³-hybridized carbons (Fsp3) is 0.257. The number of amides is 1. The first-order valence-electron chi connectivity index (χ1n) is 15.1. The predicted molar refractivity (Wildman–Crippen MR) is 175 cm³/mol. The maximum absolute atomic E-state index is 14.4. The van der Waals surface area contributed by atoms with Gasteiger partial charge in [-0.15, -0.1) is 0 Å². The molecule has 4 aromatic carbocycles. The lowest BCUT2D eigenvalue weighted by atomic mass is 9.81. The molecule has 0 radical (unpaired) electrons. The maximum Gasteiger partial charge on any atom is 0.266 e. The summed E-state index contributed by atoms with van der Waals surface area (Å²) < 4.78 is 31.9. The Balaban J connectivity index is 1.54. The molecule has 0 aromatic heterocycles. The van der Waals surface area contributed by atoms with Crippen molar-refractivity contribution in [3.05, 3.63) is 136 Å². The molecule has 0 saturated heterocycles. The van der Waals surface area contributed by atoms with E-state index in [-0.39, 0.29) is 31.3 Å². The van der Waals surface area contributed by atoms with Crippen molar-refractivity contribution in [1.29, 1.82) is 0 Å². The number of hydrazine groups is 1. The average molecular weight is 639 g/mol. The molecule has 47 heavy (non-hydrogen) atoms. The monoisotopic (exact) mass is 638 g/mol. The number of methoxy groups -OCH3 is 1. The molecule has 0 unspecified atom stereocenters. The summed E-state index contributed by atoms with van der Waals surface area (Å²) in [6.07, 6.45) is -0.0862. The second-order valence-corrected chi connectivity index (χ2v) is 10.8. The lowest BCUT2D eigenvalue weighted by Gasteiger charge is -2.31. The van der Waals surface area contributed by atoms with Gasteiger partial charge >= 0.3 is 0 Å². The summed E-state index contributed by atoms with van der Waals surface area (Å²) in [6.45, 7) is 0.638. The SMILES string of the molecule is COc1cccc([C@@H]2OC(c3ccc(OCCCO)cc3)=N[C@]2(Cc2ccccc2N=[N+]=[N-])C(=O)NNCCc2ccccc2F)c1. The van der Waals surface area contributed by atoms with E-state index in [0.29, 0.717) is 58.9 Å². The molecule has 0 bridgehead atoms. The number of aliphatic imine (C=N–C) groups is 1. The molecule has 0 spiro atoms. The number of hydrogen-bond donors (Lipinski definition) is 3. The van der Waals surface area contributed by atoms with Crippen LogP contribution in [0.2, 0.25) is 0 Å². The van der Waals surface area contributed by atoms with E-state index < -0.39 is 17.6 Å². The number of rotatable bonds is 15. The summed E-state index contributed by atoms with van der Waals surface area (Å²) in [4.78, 5) is 22.4. The molecule has 0 fully saturated rings. The topological polar surface area (TPSA) is 150 Å². The van der Waals surface area contributed by atoms with Gasteiger partial charge in [-0.3, -0.25) is 10.2 Å². The van der Waals surface area contributed by atoms with E-state index in [2.05, 4.69) is 20.9 Å². The molecule has 242 valence electrons. The fourth-order valence-corrected chi connectivity index (χ4v) is 5.33. The number of ether oxygens (including phenoxy) is 3. The number of aliphatic hydroxyl groups is 1. The highest BCUT2D eigenvalue weighted by atomic mass is 19.1. The third-order valence-electron chi connectivity index (χ3n) is 7.71. The van der Waals surface area contributed by atoms with Crippen LogP contribution in [-0.2, 0) is 22.4 Å². The molecule has 12 heteroatoms. The summed E-state index contributed by atoms with van der Waals surface area (Å²) in [7, 11) is 1.55. The summed E-state index contributed by atoms with van der Waals surface area (Å²) in [6, 6.07) is 27.7. The van der Waals surface area contributed by atoms with Gasteiger partial charge in [0.1, 0.15) is 17.3 Å². The van der Waals surface area contributed by atoms with Crippen LogP contribution in [0.1, 0.15) is 34.8 Å². The lowest BCUT2D eigenvalue weighted by molar-refractivity contribution is -0.130. The van der Waals surface area contributed by atoms with E-state index >= 15 is 0 Å². The van der Waals surface area contributed by atoms with Crippen molar-refractivity contribution in [3.8, 4) is 11.5 Å². The van der Waals surface area contributed by atoms with Gasteiger partial charge in [-0.1, -0.05) is 59.7 Å². The van der Waals surface area contributed by atoms with Crippen LogP contribution in [0.3, 0.4) is 0 Å². The molecule has 0 saturated carbocycles. The predicted octanol–water partition coefficient (Wildman–Crippen LogP) is 5.90. The first-order valence-corrected chi connectivity index (χ1v) is 15.1. The Morgan fingerprint density at radius 1 is 1.04 bits per heavy atom. The van der Waals surface area contributed by atoms with Gasteiger partial charge in [-0.25, -0.2) is 14.8 Å². The Morgan fingerprint density at radius 2 is 1.81 bits per heavy atom. The van der Waals surface area contributed by atoms with E-state index in [0.717, 1.165) is 0 Å². The van der Waals surface area contributed by atoms with Gasteiger partial charge in [0, 0.05) is 42.2 Å². The van der Waals surface area contributed by atoms with Crippen LogP contribution in [0.15, 0.2) is 107 Å². The van der Waals surface area contributed by atoms with Crippen LogP contribution < -0.4 is 20.3 Å². The van der Waals surface area contributed by atoms with Crippen molar-refractivity contribution < 1.29 is 28.5 Å². The van der Waals surface area contributed by atoms with E-state index in [9.17, 15) is 14.7 Å². The molecular weight excluding hydrogens is 603 g/mol. The third kappa shape index (κ3) is 7.87. The largest absolute Gasteiger partial charge is 0.497 e. The van der Waals surface area contributed by atoms with Gasteiger partial charge in [-0.05, 0) is 71.1 Å². The van der Waals surface area contributed by atoms with Crippen molar-refractivity contribution in [1.82, 2.24) is 10.9 Å². The second kappa shape index (κ2) is 15.7. The maximum atomic E-state index is 14.4. The average Bonchev–Trinajstić information content (AvgIpc) is 3.49. The third-order valence-corrected chi connectivity index (χ3v) is 7.71. The van der Waals surface area contributed by atoms with E-state index in [1.165, 1.54) is 6.07 Å². The van der Waals surface area contributed by atoms with Crippen molar-refractivity contribution in [2.45, 2.75) is 30.9 Å². The molecule has 0 aliphatic carbocycles. The summed E-state index contributed by atoms with van der Waals surface area (Å²) in [5, 5.41) is 12.9. The van der Waals surface area contributed by atoms with Gasteiger partial charge in [0.25, 0.3) is 5.91 Å². The number of nitrogens with one attached hydrogen (secondary N) is 2. The summed E-state index contributed by atoms with van der Waals surface area (Å²) in [5.74, 6) is 0.566. The first-order chi connectivity index (χ1) is 23.0. The van der Waals surface area contributed by atoms with Crippen LogP contribution in [-0.4, -0.2) is 49.3 Å². The Kier molecular flexibility index (Phi) is 11.0. The highest BCUT2D eigenvalue weighted by Crippen LogP contribution is 2.44. The van der Waals surface area contributed by atoms with Gasteiger partial charge in [0.2, 0.25) is 5.90 Å². The molecule has 11 nitrogen and oxygen atoms in total. The minimum Gasteiger partial charge on any atom is -0.497 e. The number of carbonyl (C=O) groups is 1. The van der Waals surface area contributed by atoms with Crippen LogP contribution in [0, 0.1) is 5.82 Å². The normalized spacial score (nSPS) is 16.8. The number of hydrogen-bond acceptors (Lipinski definition) is 8. The van der Waals surface area contributed by atoms with Gasteiger partial charge in [0.05, 0.1) is 13.7 Å². The zero-order valence-electron chi connectivity index (χ0n) is 25.8. The summed E-state index contributed by atoms with van der Waals surface area (Å²) in [5.41, 5.74) is 16.1. The number of carbonyl (C=O) groups excluding carboxylic acids is 1. The van der Waals surface area contributed by atoms with Gasteiger partial charge in [-0.2, -0.15) is 0 Å². The van der Waals surface area contributed by atoms with Gasteiger partial charge in [0.15, 0.2) is 11.6 Å². The zero-order chi connectivity index (χ0) is 33.1. The van der Waals surface area contributed by atoms with Gasteiger partial charge < -0.3 is 19.3 Å². The Morgan fingerprint density at radius 3 is 2.55 bits per heavy atom. The number of benzene rings is 4. The number of azide groups is 1. The molecule has 2 atom stereocenters. The smallest absolute Gasteiger partial charge is 0.266 e. The molecular formula is C35H35FN6O5. The highest BCUT2D eigenvalue weighted by Gasteiger charge is 2.53. The standard InChI is InChI=1S/C35H35FN6O5/c1-45-29-11-6-10-26(22-29)32-35(23-27-9-3-5-13-31(27)40-42-37,34(44)41-38-19-18-24-8-2-4-12-30(24)36)39-33(47-32)25-14-16-28(17-15-25)46-21-7-20-43/h2-6,8-17,22,32,38,43H,7,18-21,23H2,1H3,(H,41,44)/t32-,35-/m0/s1. The Bertz CT molecular complexity index is 1760. The molecule has 1 amide bonds. The van der Waals surface area contributed by atoms with Crippen molar-refractivity contribution in [2.24, 2.45) is 10.1 Å². The van der Waals surface area contributed by atoms with E-state index in [4.69, 9.17) is 24.3 Å². The summed E-state index contributed by atoms with van der Waals surface area (Å²) >= 11 is 0. The van der Waals surface area contributed by atoms with E-state index in [1.54, 1.807) is 92.0 Å². The van der Waals surface area contributed by atoms with Crippen molar-refractivity contribution in [2.75, 3.05) is 26.9 Å². The lowest BCUT2D eigenvalue weighted by Crippen LogP contribution is -2.54. The molecule has 1 heterocycles. The minimum atomic E-state index is -1.59. The molecule has 5 rings (SSSR count). The number of aliphatic hydroxyl groups excluding tert-OH is 1. The zero-order valence-corrected chi connectivity index (χ0v) is 25.8. The first kappa shape index (κ1) is 33.0. The van der Waals surface area contributed by atoms with Crippen LogP contribution in [0.5, 0.6) is 11.5 Å². The number of nitrogens with zero attached hydrogens (tertiary/aromatic N) is 4. The quantitative estimate of drug-likeness (QED) is 0.0485. The molecule has 4 aromatic rings. The van der Waals surface area contributed by atoms with Crippen LogP contribution in [0.25, 0.3) is 10.4 Å². The molecule has 3 N–H and O–H groups in total. The van der Waals surface area contributed by atoms with Crippen molar-refractivity contribution in [3.63, 3.8) is 0 Å². The van der Waals surface area contributed by atoms with Crippen molar-refractivity contribution >= 4 is 17.5 Å². The minimum absolute atomic E-state index is 0.0107. The molecule has 1 aliphatic heterocycles. The van der Waals surface area contributed by atoms with E-state index in [1.807, 2.05) is 6.07 Å². The highest BCUT2D eigenvalue weighted by molar-refractivity contribution is 6.01. The Labute approximate surface area is 271 Å². The fourth-order valence-electron chi connectivity index (χ4n) is 5.33. The number of halogens is 1. The Hall–Kier alpha value is -5.42. The van der Waals surface area contributed by atoms with Crippen LogP contribution in [0.4, 0.5) is 10.1 Å². The second-order valence-electron chi connectivity index (χ2n) is 10.8.